The third kappa shape index (κ3) is 3.51. The van der Waals surface area contributed by atoms with Crippen LogP contribution in [-0.2, 0) is 0 Å². The Morgan fingerprint density at radius 1 is 0.731 bits per heavy atom. The Hall–Kier alpha value is -1.84. The number of primary amides is 2. The Balaban J connectivity index is 2.24. The van der Waals surface area contributed by atoms with Crippen LogP contribution in [0.4, 0.5) is 0 Å². The maximum absolute atomic E-state index is 12.3. The van der Waals surface area contributed by atoms with E-state index in [4.69, 9.17) is 11.5 Å². The van der Waals surface area contributed by atoms with Crippen molar-refractivity contribution >= 4 is 11.8 Å². The molecule has 1 aromatic carbocycles. The molecule has 4 N–H and O–H groups in total. The quantitative estimate of drug-likeness (QED) is 0.834. The summed E-state index contributed by atoms with van der Waals surface area (Å²) in [5, 5.41) is 0. The molecule has 142 valence electrons. The molecule has 0 radical (unpaired) electrons. The highest BCUT2D eigenvalue weighted by Gasteiger charge is 2.35. The van der Waals surface area contributed by atoms with E-state index in [9.17, 15) is 9.59 Å². The van der Waals surface area contributed by atoms with Gasteiger partial charge in [-0.25, -0.2) is 0 Å². The van der Waals surface area contributed by atoms with Crippen LogP contribution in [0.1, 0.15) is 109 Å². The number of hydrogen-bond acceptors (Lipinski definition) is 2. The molecule has 0 aliphatic heterocycles. The van der Waals surface area contributed by atoms with Crippen LogP contribution in [0.5, 0.6) is 0 Å². The molecular weight excluding hydrogens is 324 g/mol. The first kappa shape index (κ1) is 18.9. The van der Waals surface area contributed by atoms with Crippen LogP contribution in [0.3, 0.4) is 0 Å². The third-order valence-electron chi connectivity index (χ3n) is 6.78. The van der Waals surface area contributed by atoms with Crippen molar-refractivity contribution in [2.24, 2.45) is 23.3 Å². The van der Waals surface area contributed by atoms with E-state index in [-0.39, 0.29) is 11.8 Å². The topological polar surface area (TPSA) is 86.2 Å². The molecule has 4 nitrogen and oxygen atoms in total. The van der Waals surface area contributed by atoms with Gasteiger partial charge >= 0.3 is 0 Å². The highest BCUT2D eigenvalue weighted by atomic mass is 16.1. The van der Waals surface area contributed by atoms with Crippen molar-refractivity contribution in [2.45, 2.75) is 77.0 Å². The average molecular weight is 357 g/mol. The third-order valence-corrected chi connectivity index (χ3v) is 6.78. The second-order valence-corrected chi connectivity index (χ2v) is 8.45. The van der Waals surface area contributed by atoms with E-state index >= 15 is 0 Å². The highest BCUT2D eigenvalue weighted by molar-refractivity contribution is 6.00. The zero-order valence-electron chi connectivity index (χ0n) is 16.1. The minimum atomic E-state index is -0.390. The lowest BCUT2D eigenvalue weighted by molar-refractivity contribution is 0.0984. The van der Waals surface area contributed by atoms with E-state index in [0.29, 0.717) is 23.0 Å². The number of rotatable bonds is 4. The van der Waals surface area contributed by atoms with Crippen molar-refractivity contribution in [1.29, 1.82) is 0 Å². The predicted molar refractivity (Wildman–Crippen MR) is 104 cm³/mol. The van der Waals surface area contributed by atoms with Gasteiger partial charge in [0.25, 0.3) is 0 Å². The number of carbonyl (C=O) groups excluding carboxylic acids is 2. The van der Waals surface area contributed by atoms with E-state index in [1.54, 1.807) is 12.1 Å². The number of hydrogen-bond donors (Lipinski definition) is 2. The van der Waals surface area contributed by atoms with Crippen LogP contribution in [0.25, 0.3) is 0 Å². The van der Waals surface area contributed by atoms with E-state index in [1.165, 1.54) is 12.8 Å². The zero-order chi connectivity index (χ0) is 18.8. The van der Waals surface area contributed by atoms with Crippen LogP contribution >= 0.6 is 0 Å². The smallest absolute Gasteiger partial charge is 0.248 e. The Morgan fingerprint density at radius 2 is 1.08 bits per heavy atom. The highest BCUT2D eigenvalue weighted by Crippen LogP contribution is 2.47. The van der Waals surface area contributed by atoms with Crippen LogP contribution in [0.15, 0.2) is 12.1 Å². The van der Waals surface area contributed by atoms with Crippen LogP contribution in [0, 0.1) is 11.8 Å². The number of benzene rings is 1. The Labute approximate surface area is 156 Å². The summed E-state index contributed by atoms with van der Waals surface area (Å²) < 4.78 is 0. The van der Waals surface area contributed by atoms with Crippen molar-refractivity contribution in [1.82, 2.24) is 0 Å². The summed E-state index contributed by atoms with van der Waals surface area (Å²) in [6.45, 7) is 4.53. The van der Waals surface area contributed by atoms with Gasteiger partial charge in [0.05, 0.1) is 0 Å². The molecule has 4 atom stereocenters. The fourth-order valence-electron chi connectivity index (χ4n) is 5.36. The van der Waals surface area contributed by atoms with Gasteiger partial charge in [-0.1, -0.05) is 52.4 Å². The molecule has 2 fully saturated rings. The molecule has 4 heteroatoms. The van der Waals surface area contributed by atoms with Crippen molar-refractivity contribution in [3.63, 3.8) is 0 Å². The molecule has 3 rings (SSSR count). The first-order valence-corrected chi connectivity index (χ1v) is 10.2. The maximum Gasteiger partial charge on any atom is 0.248 e. The second-order valence-electron chi connectivity index (χ2n) is 8.45. The summed E-state index contributed by atoms with van der Waals surface area (Å²) in [4.78, 5) is 24.5. The van der Waals surface area contributed by atoms with Gasteiger partial charge < -0.3 is 11.5 Å². The first-order chi connectivity index (χ1) is 12.4. The second kappa shape index (κ2) is 7.81. The molecule has 0 spiro atoms. The Bertz CT molecular complexity index is 639. The maximum atomic E-state index is 12.3. The SMILES string of the molecule is CC1CCCCC1c1c(C(N)=O)ccc(C(N)=O)c1C1CCCCC1C. The molecule has 2 aliphatic carbocycles. The van der Waals surface area contributed by atoms with Crippen molar-refractivity contribution in [2.75, 3.05) is 0 Å². The molecule has 2 amide bonds. The van der Waals surface area contributed by atoms with E-state index in [0.717, 1.165) is 49.7 Å². The number of amides is 2. The van der Waals surface area contributed by atoms with Gasteiger partial charge in [0.2, 0.25) is 11.8 Å². The summed E-state index contributed by atoms with van der Waals surface area (Å²) >= 11 is 0. The van der Waals surface area contributed by atoms with Crippen LogP contribution in [0.2, 0.25) is 0 Å². The van der Waals surface area contributed by atoms with Gasteiger partial charge in [-0.3, -0.25) is 9.59 Å². The molecule has 0 saturated heterocycles. The van der Waals surface area contributed by atoms with Crippen molar-refractivity contribution in [3.05, 3.63) is 34.4 Å². The van der Waals surface area contributed by atoms with E-state index in [2.05, 4.69) is 13.8 Å². The summed E-state index contributed by atoms with van der Waals surface area (Å²) in [7, 11) is 0. The summed E-state index contributed by atoms with van der Waals surface area (Å²) in [6.07, 6.45) is 9.20. The Morgan fingerprint density at radius 3 is 1.38 bits per heavy atom. The minimum absolute atomic E-state index is 0.287. The Kier molecular flexibility index (Phi) is 5.69. The zero-order valence-corrected chi connectivity index (χ0v) is 16.1. The molecule has 0 heterocycles. The molecule has 26 heavy (non-hydrogen) atoms. The number of carbonyl (C=O) groups is 2. The molecule has 0 bridgehead atoms. The molecule has 2 saturated carbocycles. The van der Waals surface area contributed by atoms with Gasteiger partial charge in [-0.15, -0.1) is 0 Å². The first-order valence-electron chi connectivity index (χ1n) is 10.2. The van der Waals surface area contributed by atoms with Gasteiger partial charge in [-0.2, -0.15) is 0 Å². The lowest BCUT2D eigenvalue weighted by Gasteiger charge is -2.37. The minimum Gasteiger partial charge on any atom is -0.366 e. The summed E-state index contributed by atoms with van der Waals surface area (Å²) in [5.41, 5.74) is 14.8. The normalized spacial score (nSPS) is 29.3. The van der Waals surface area contributed by atoms with Crippen LogP contribution < -0.4 is 11.5 Å². The monoisotopic (exact) mass is 356 g/mol. The van der Waals surface area contributed by atoms with Crippen LogP contribution in [-0.4, -0.2) is 11.8 Å². The fourth-order valence-corrected chi connectivity index (χ4v) is 5.36. The van der Waals surface area contributed by atoms with Crippen molar-refractivity contribution in [3.8, 4) is 0 Å². The lowest BCUT2D eigenvalue weighted by Crippen LogP contribution is -2.28. The van der Waals surface area contributed by atoms with E-state index in [1.807, 2.05) is 0 Å². The molecular formula is C22H32N2O2. The average Bonchev–Trinajstić information content (AvgIpc) is 2.61. The number of nitrogens with two attached hydrogens (primary N) is 2. The standard InChI is InChI=1S/C22H32N2O2/c1-13-7-3-5-9-15(13)19-17(21(23)25)11-12-18(22(24)26)20(19)16-10-6-4-8-14(16)2/h11-16H,3-10H2,1-2H3,(H2,23,25)(H2,24,26). The fraction of sp³-hybridized carbons (Fsp3) is 0.636. The van der Waals surface area contributed by atoms with E-state index < -0.39 is 11.8 Å². The summed E-state index contributed by atoms with van der Waals surface area (Å²) in [5.74, 6) is 0.770. The van der Waals surface area contributed by atoms with Gasteiger partial charge in [0.15, 0.2) is 0 Å². The predicted octanol–water partition coefficient (Wildman–Crippen LogP) is 4.47. The van der Waals surface area contributed by atoms with Gasteiger partial charge in [0, 0.05) is 11.1 Å². The molecule has 4 unspecified atom stereocenters. The molecule has 2 aliphatic rings. The summed E-state index contributed by atoms with van der Waals surface area (Å²) in [6, 6.07) is 3.46. The van der Waals surface area contributed by atoms with Gasteiger partial charge in [0.1, 0.15) is 0 Å². The largest absolute Gasteiger partial charge is 0.366 e. The molecule has 0 aromatic heterocycles. The van der Waals surface area contributed by atoms with Crippen molar-refractivity contribution < 1.29 is 9.59 Å². The lowest BCUT2D eigenvalue weighted by atomic mass is 9.67. The van der Waals surface area contributed by atoms with Gasteiger partial charge in [-0.05, 0) is 59.8 Å². The molecule has 1 aromatic rings.